The molecule has 0 radical (unpaired) electrons. The SMILES string of the molecule is CNC1CCCCC1Nc1nc(Nc2ccc3ccncc3c2)c(C(N)=O)cc1F. The number of anilines is 3. The Bertz CT molecular complexity index is 1070. The second-order valence-corrected chi connectivity index (χ2v) is 7.57. The summed E-state index contributed by atoms with van der Waals surface area (Å²) in [4.78, 5) is 20.4. The van der Waals surface area contributed by atoms with Crippen LogP contribution in [0.25, 0.3) is 10.8 Å². The van der Waals surface area contributed by atoms with Crippen LogP contribution in [0.5, 0.6) is 0 Å². The number of aromatic nitrogens is 2. The number of likely N-dealkylation sites (N-methyl/N-ethyl adjacent to an activating group) is 1. The molecule has 0 saturated heterocycles. The molecule has 1 saturated carbocycles. The number of primary amides is 1. The number of halogens is 1. The van der Waals surface area contributed by atoms with Crippen molar-refractivity contribution in [2.45, 2.75) is 37.8 Å². The molecule has 1 aliphatic carbocycles. The highest BCUT2D eigenvalue weighted by atomic mass is 19.1. The summed E-state index contributed by atoms with van der Waals surface area (Å²) in [6.45, 7) is 0. The summed E-state index contributed by atoms with van der Waals surface area (Å²) < 4.78 is 14.7. The lowest BCUT2D eigenvalue weighted by Gasteiger charge is -2.32. The first-order valence-corrected chi connectivity index (χ1v) is 10.1. The van der Waals surface area contributed by atoms with Gasteiger partial charge in [-0.2, -0.15) is 0 Å². The third kappa shape index (κ3) is 4.18. The number of amides is 1. The Balaban J connectivity index is 1.66. The molecular weight excluding hydrogens is 383 g/mol. The van der Waals surface area contributed by atoms with Crippen molar-refractivity contribution in [3.05, 3.63) is 54.1 Å². The Labute approximate surface area is 174 Å². The van der Waals surface area contributed by atoms with Crippen LogP contribution < -0.4 is 21.7 Å². The fourth-order valence-corrected chi connectivity index (χ4v) is 4.00. The van der Waals surface area contributed by atoms with Gasteiger partial charge < -0.3 is 21.7 Å². The number of nitrogens with two attached hydrogens (primary N) is 1. The van der Waals surface area contributed by atoms with E-state index in [2.05, 4.69) is 25.9 Å². The maximum atomic E-state index is 14.7. The monoisotopic (exact) mass is 408 g/mol. The Morgan fingerprint density at radius 1 is 1.10 bits per heavy atom. The molecule has 2 atom stereocenters. The number of hydrogen-bond acceptors (Lipinski definition) is 6. The molecule has 2 aromatic heterocycles. The van der Waals surface area contributed by atoms with Crippen molar-refractivity contribution < 1.29 is 9.18 Å². The van der Waals surface area contributed by atoms with E-state index in [1.807, 2.05) is 31.3 Å². The van der Waals surface area contributed by atoms with E-state index in [9.17, 15) is 9.18 Å². The third-order valence-corrected chi connectivity index (χ3v) is 5.60. The topological polar surface area (TPSA) is 105 Å². The average molecular weight is 408 g/mol. The zero-order valence-corrected chi connectivity index (χ0v) is 16.8. The molecule has 2 heterocycles. The van der Waals surface area contributed by atoms with Gasteiger partial charge >= 0.3 is 0 Å². The van der Waals surface area contributed by atoms with Gasteiger partial charge in [-0.05, 0) is 49.5 Å². The molecule has 0 aliphatic heterocycles. The second-order valence-electron chi connectivity index (χ2n) is 7.57. The molecule has 5 N–H and O–H groups in total. The van der Waals surface area contributed by atoms with Gasteiger partial charge in [0.2, 0.25) is 0 Å². The van der Waals surface area contributed by atoms with E-state index in [1.54, 1.807) is 12.4 Å². The summed E-state index contributed by atoms with van der Waals surface area (Å²) in [7, 11) is 1.91. The van der Waals surface area contributed by atoms with E-state index in [0.717, 1.165) is 42.5 Å². The number of rotatable bonds is 6. The molecular formula is C22H25FN6O. The van der Waals surface area contributed by atoms with Crippen LogP contribution in [-0.2, 0) is 0 Å². The Kier molecular flexibility index (Phi) is 5.76. The minimum atomic E-state index is -0.747. The first kappa shape index (κ1) is 20.0. The number of nitrogens with zero attached hydrogens (tertiary/aromatic N) is 2. The average Bonchev–Trinajstić information content (AvgIpc) is 2.76. The second kappa shape index (κ2) is 8.62. The molecule has 1 fully saturated rings. The number of pyridine rings is 2. The standard InChI is InChI=1S/C22H25FN6O/c1-25-18-4-2-3-5-19(18)28-22-17(23)11-16(20(24)30)21(29-22)27-15-7-6-13-8-9-26-12-14(13)10-15/h6-12,18-19,25H,2-5H2,1H3,(H2,24,30)(H2,27,28,29). The third-order valence-electron chi connectivity index (χ3n) is 5.60. The zero-order chi connectivity index (χ0) is 21.1. The van der Waals surface area contributed by atoms with Crippen LogP contribution in [0.1, 0.15) is 36.0 Å². The van der Waals surface area contributed by atoms with Crippen molar-refractivity contribution in [3.63, 3.8) is 0 Å². The number of carbonyl (C=O) groups is 1. The van der Waals surface area contributed by atoms with Crippen molar-refractivity contribution >= 4 is 34.0 Å². The van der Waals surface area contributed by atoms with Crippen LogP contribution >= 0.6 is 0 Å². The molecule has 156 valence electrons. The Morgan fingerprint density at radius 3 is 2.67 bits per heavy atom. The van der Waals surface area contributed by atoms with Gasteiger partial charge in [-0.1, -0.05) is 18.9 Å². The smallest absolute Gasteiger partial charge is 0.252 e. The van der Waals surface area contributed by atoms with Crippen LogP contribution in [0, 0.1) is 5.82 Å². The van der Waals surface area contributed by atoms with Gasteiger partial charge in [0.1, 0.15) is 5.82 Å². The summed E-state index contributed by atoms with van der Waals surface area (Å²) in [5, 5.41) is 11.6. The van der Waals surface area contributed by atoms with Crippen LogP contribution in [0.15, 0.2) is 42.7 Å². The zero-order valence-electron chi connectivity index (χ0n) is 16.8. The molecule has 1 aliphatic rings. The molecule has 1 amide bonds. The summed E-state index contributed by atoms with van der Waals surface area (Å²) in [5.41, 5.74) is 6.18. The minimum absolute atomic E-state index is 0.00172. The molecule has 0 bridgehead atoms. The Morgan fingerprint density at radius 2 is 1.90 bits per heavy atom. The van der Waals surface area contributed by atoms with E-state index < -0.39 is 11.7 Å². The van der Waals surface area contributed by atoms with Crippen molar-refractivity contribution in [3.8, 4) is 0 Å². The number of fused-ring (bicyclic) bond motifs is 1. The Hall–Kier alpha value is -3.26. The van der Waals surface area contributed by atoms with E-state index in [0.29, 0.717) is 5.69 Å². The van der Waals surface area contributed by atoms with Gasteiger partial charge in [-0.3, -0.25) is 9.78 Å². The predicted molar refractivity (Wildman–Crippen MR) is 116 cm³/mol. The normalized spacial score (nSPS) is 18.9. The molecule has 7 nitrogen and oxygen atoms in total. The lowest BCUT2D eigenvalue weighted by molar-refractivity contribution is 0.100. The van der Waals surface area contributed by atoms with Crippen molar-refractivity contribution in [2.75, 3.05) is 17.7 Å². The van der Waals surface area contributed by atoms with E-state index in [-0.39, 0.29) is 29.3 Å². The lowest BCUT2D eigenvalue weighted by Crippen LogP contribution is -2.45. The summed E-state index contributed by atoms with van der Waals surface area (Å²) >= 11 is 0. The van der Waals surface area contributed by atoms with Crippen molar-refractivity contribution in [1.29, 1.82) is 0 Å². The van der Waals surface area contributed by atoms with Crippen molar-refractivity contribution in [1.82, 2.24) is 15.3 Å². The predicted octanol–water partition coefficient (Wildman–Crippen LogP) is 3.55. The van der Waals surface area contributed by atoms with Gasteiger partial charge in [0.25, 0.3) is 5.91 Å². The first-order chi connectivity index (χ1) is 14.5. The maximum Gasteiger partial charge on any atom is 0.252 e. The van der Waals surface area contributed by atoms with Crippen LogP contribution in [0.3, 0.4) is 0 Å². The van der Waals surface area contributed by atoms with Crippen LogP contribution in [-0.4, -0.2) is 35.0 Å². The highest BCUT2D eigenvalue weighted by Crippen LogP contribution is 2.28. The minimum Gasteiger partial charge on any atom is -0.365 e. The highest BCUT2D eigenvalue weighted by molar-refractivity contribution is 5.99. The number of carbonyl (C=O) groups excluding carboxylic acids is 1. The molecule has 30 heavy (non-hydrogen) atoms. The molecule has 2 unspecified atom stereocenters. The van der Waals surface area contributed by atoms with Crippen LogP contribution in [0.4, 0.5) is 21.7 Å². The fraction of sp³-hybridized carbons (Fsp3) is 0.318. The quantitative estimate of drug-likeness (QED) is 0.497. The molecule has 1 aromatic carbocycles. The van der Waals surface area contributed by atoms with Gasteiger partial charge in [-0.15, -0.1) is 0 Å². The number of benzene rings is 1. The van der Waals surface area contributed by atoms with Gasteiger partial charge in [0.15, 0.2) is 11.6 Å². The molecule has 0 spiro atoms. The highest BCUT2D eigenvalue weighted by Gasteiger charge is 2.26. The largest absolute Gasteiger partial charge is 0.365 e. The van der Waals surface area contributed by atoms with E-state index in [1.165, 1.54) is 0 Å². The maximum absolute atomic E-state index is 14.7. The van der Waals surface area contributed by atoms with Gasteiger partial charge in [0.05, 0.1) is 5.56 Å². The summed E-state index contributed by atoms with van der Waals surface area (Å²) in [6, 6.07) is 9.04. The molecule has 8 heteroatoms. The van der Waals surface area contributed by atoms with Crippen molar-refractivity contribution in [2.24, 2.45) is 5.73 Å². The summed E-state index contributed by atoms with van der Waals surface area (Å²) in [6.07, 6.45) is 7.64. The van der Waals surface area contributed by atoms with Gasteiger partial charge in [0, 0.05) is 35.6 Å². The fourth-order valence-electron chi connectivity index (χ4n) is 4.00. The van der Waals surface area contributed by atoms with E-state index >= 15 is 0 Å². The van der Waals surface area contributed by atoms with E-state index in [4.69, 9.17) is 5.73 Å². The summed E-state index contributed by atoms with van der Waals surface area (Å²) in [5.74, 6) is -1.02. The lowest BCUT2D eigenvalue weighted by atomic mass is 9.90. The first-order valence-electron chi connectivity index (χ1n) is 10.1. The number of nitrogens with one attached hydrogen (secondary N) is 3. The van der Waals surface area contributed by atoms with Crippen LogP contribution in [0.2, 0.25) is 0 Å². The number of hydrogen-bond donors (Lipinski definition) is 4. The molecule has 3 aromatic rings. The van der Waals surface area contributed by atoms with Gasteiger partial charge in [-0.25, -0.2) is 9.37 Å². The molecule has 4 rings (SSSR count).